The van der Waals surface area contributed by atoms with Gasteiger partial charge in [0, 0.05) is 38.4 Å². The average Bonchev–Trinajstić information content (AvgIpc) is 3.19. The number of aryl methyl sites for hydroxylation is 1. The Kier molecular flexibility index (Phi) is 6.18. The molecule has 2 saturated heterocycles. The van der Waals surface area contributed by atoms with Crippen LogP contribution in [-0.4, -0.2) is 52.2 Å². The van der Waals surface area contributed by atoms with Gasteiger partial charge in [-0.3, -0.25) is 14.7 Å². The molecular formula is C23H30N4O3. The number of hydrogen-bond donors (Lipinski definition) is 2. The molecule has 2 aliphatic rings. The largest absolute Gasteiger partial charge is 0.375 e. The number of ether oxygens (including phenoxy) is 1. The van der Waals surface area contributed by atoms with E-state index in [9.17, 15) is 9.59 Å². The molecular weight excluding hydrogens is 380 g/mol. The topological polar surface area (TPSA) is 87.3 Å². The van der Waals surface area contributed by atoms with E-state index in [1.807, 2.05) is 42.2 Å². The molecule has 4 rings (SSSR count). The molecule has 2 amide bonds. The summed E-state index contributed by atoms with van der Waals surface area (Å²) in [6, 6.07) is 11.8. The fraction of sp³-hybridized carbons (Fsp3) is 0.522. The van der Waals surface area contributed by atoms with Gasteiger partial charge in [-0.25, -0.2) is 0 Å². The molecule has 160 valence electrons. The van der Waals surface area contributed by atoms with Gasteiger partial charge in [0.2, 0.25) is 5.91 Å². The molecule has 7 nitrogen and oxygen atoms in total. The number of H-pyrrole nitrogens is 1. The van der Waals surface area contributed by atoms with Crippen LogP contribution in [0.5, 0.6) is 0 Å². The van der Waals surface area contributed by atoms with Gasteiger partial charge >= 0.3 is 0 Å². The van der Waals surface area contributed by atoms with E-state index in [0.717, 1.165) is 36.9 Å². The predicted octanol–water partition coefficient (Wildman–Crippen LogP) is 2.83. The molecule has 1 atom stereocenters. The smallest absolute Gasteiger partial charge is 0.274 e. The third kappa shape index (κ3) is 4.90. The maximum absolute atomic E-state index is 12.6. The molecule has 3 heterocycles. The number of carbonyl (C=O) groups is 2. The van der Waals surface area contributed by atoms with Gasteiger partial charge in [0.05, 0.1) is 5.60 Å². The Balaban J connectivity index is 1.26. The van der Waals surface area contributed by atoms with Gasteiger partial charge in [-0.2, -0.15) is 5.10 Å². The third-order valence-electron chi connectivity index (χ3n) is 6.29. The number of piperidine rings is 1. The molecule has 2 aliphatic heterocycles. The number of nitrogens with one attached hydrogen (secondary N) is 2. The number of aromatic amines is 1. The molecule has 0 radical (unpaired) electrons. The van der Waals surface area contributed by atoms with Crippen LogP contribution in [0, 0.1) is 12.8 Å². The van der Waals surface area contributed by atoms with Crippen LogP contribution in [0.25, 0.3) is 0 Å². The van der Waals surface area contributed by atoms with Gasteiger partial charge in [0.1, 0.15) is 5.69 Å². The molecule has 0 saturated carbocycles. The van der Waals surface area contributed by atoms with Crippen molar-refractivity contribution in [2.24, 2.45) is 5.92 Å². The Hall–Kier alpha value is -2.67. The van der Waals surface area contributed by atoms with Crippen molar-refractivity contribution < 1.29 is 14.3 Å². The Morgan fingerprint density at radius 2 is 2.03 bits per heavy atom. The molecule has 1 spiro atoms. The highest BCUT2D eigenvalue weighted by Gasteiger charge is 2.41. The molecule has 30 heavy (non-hydrogen) atoms. The van der Waals surface area contributed by atoms with Crippen LogP contribution in [0.1, 0.15) is 53.8 Å². The molecule has 7 heteroatoms. The first kappa shape index (κ1) is 20.6. The molecule has 2 N–H and O–H groups in total. The minimum atomic E-state index is -0.207. The summed E-state index contributed by atoms with van der Waals surface area (Å²) in [4.78, 5) is 26.9. The van der Waals surface area contributed by atoms with E-state index >= 15 is 0 Å². The lowest BCUT2D eigenvalue weighted by Gasteiger charge is -2.46. The van der Waals surface area contributed by atoms with Crippen LogP contribution in [-0.2, 0) is 16.1 Å². The normalized spacial score (nSPS) is 20.8. The van der Waals surface area contributed by atoms with Gasteiger partial charge < -0.3 is 15.0 Å². The number of benzene rings is 1. The first-order valence-electron chi connectivity index (χ1n) is 10.8. The molecule has 2 fully saturated rings. The van der Waals surface area contributed by atoms with Gasteiger partial charge in [0.15, 0.2) is 0 Å². The number of hydrogen-bond acceptors (Lipinski definition) is 4. The highest BCUT2D eigenvalue weighted by Crippen LogP contribution is 2.39. The molecule has 0 aliphatic carbocycles. The van der Waals surface area contributed by atoms with E-state index in [-0.39, 0.29) is 17.4 Å². The van der Waals surface area contributed by atoms with E-state index in [1.165, 1.54) is 0 Å². The lowest BCUT2D eigenvalue weighted by atomic mass is 9.78. The summed E-state index contributed by atoms with van der Waals surface area (Å²) in [7, 11) is 0. The average molecular weight is 411 g/mol. The summed E-state index contributed by atoms with van der Waals surface area (Å²) in [6.45, 7) is 4.47. The van der Waals surface area contributed by atoms with E-state index < -0.39 is 0 Å². The first-order chi connectivity index (χ1) is 14.5. The van der Waals surface area contributed by atoms with Crippen LogP contribution in [0.3, 0.4) is 0 Å². The third-order valence-corrected chi connectivity index (χ3v) is 6.29. The molecule has 1 unspecified atom stereocenters. The zero-order chi connectivity index (χ0) is 21.0. The highest BCUT2D eigenvalue weighted by atomic mass is 16.5. The summed E-state index contributed by atoms with van der Waals surface area (Å²) < 4.78 is 6.19. The maximum atomic E-state index is 12.6. The Morgan fingerprint density at radius 3 is 2.73 bits per heavy atom. The quantitative estimate of drug-likeness (QED) is 0.794. The molecule has 2 aromatic rings. The summed E-state index contributed by atoms with van der Waals surface area (Å²) in [5.74, 6) is 0.398. The Labute approximate surface area is 177 Å². The number of likely N-dealkylation sites (tertiary alicyclic amines) is 1. The summed E-state index contributed by atoms with van der Waals surface area (Å²) in [5, 5.41) is 9.95. The minimum absolute atomic E-state index is 0.0261. The van der Waals surface area contributed by atoms with E-state index in [2.05, 4.69) is 15.5 Å². The fourth-order valence-electron chi connectivity index (χ4n) is 4.59. The van der Waals surface area contributed by atoms with Crippen molar-refractivity contribution in [3.8, 4) is 0 Å². The molecule has 0 bridgehead atoms. The van der Waals surface area contributed by atoms with Crippen molar-refractivity contribution in [1.82, 2.24) is 20.4 Å². The Bertz CT molecular complexity index is 872. The van der Waals surface area contributed by atoms with Gasteiger partial charge in [-0.15, -0.1) is 0 Å². The standard InChI is InChI=1S/C23H30N4O3/c1-17-13-20(26-25-17)22(29)27-10-8-23(9-11-27)15-19(7-12-30-23)14-21(28)24-16-18-5-3-2-4-6-18/h2-6,13,19H,7-12,14-16H2,1H3,(H,24,28)(H,25,26). The SMILES string of the molecule is Cc1cc(C(=O)N2CCC3(CC2)CC(CC(=O)NCc2ccccc2)CCO3)n[nH]1. The van der Waals surface area contributed by atoms with Crippen molar-refractivity contribution in [2.45, 2.75) is 51.2 Å². The van der Waals surface area contributed by atoms with E-state index in [4.69, 9.17) is 4.74 Å². The summed E-state index contributed by atoms with van der Waals surface area (Å²) >= 11 is 0. The number of nitrogens with zero attached hydrogens (tertiary/aromatic N) is 2. The van der Waals surface area contributed by atoms with Crippen LogP contribution in [0.15, 0.2) is 36.4 Å². The lowest BCUT2D eigenvalue weighted by molar-refractivity contribution is -0.134. The van der Waals surface area contributed by atoms with Crippen molar-refractivity contribution in [3.05, 3.63) is 53.3 Å². The van der Waals surface area contributed by atoms with Crippen molar-refractivity contribution >= 4 is 11.8 Å². The summed E-state index contributed by atoms with van der Waals surface area (Å²) in [5.41, 5.74) is 2.26. The van der Waals surface area contributed by atoms with Crippen molar-refractivity contribution in [1.29, 1.82) is 0 Å². The van der Waals surface area contributed by atoms with Gasteiger partial charge in [0.25, 0.3) is 5.91 Å². The second kappa shape index (κ2) is 9.00. The van der Waals surface area contributed by atoms with Gasteiger partial charge in [-0.05, 0) is 50.2 Å². The molecule has 1 aromatic carbocycles. The van der Waals surface area contributed by atoms with Gasteiger partial charge in [-0.1, -0.05) is 30.3 Å². The second-order valence-corrected chi connectivity index (χ2v) is 8.59. The van der Waals surface area contributed by atoms with E-state index in [1.54, 1.807) is 6.07 Å². The molecule has 1 aromatic heterocycles. The highest BCUT2D eigenvalue weighted by molar-refractivity contribution is 5.92. The predicted molar refractivity (Wildman–Crippen MR) is 113 cm³/mol. The number of aromatic nitrogens is 2. The van der Waals surface area contributed by atoms with Crippen LogP contribution in [0.2, 0.25) is 0 Å². The first-order valence-corrected chi connectivity index (χ1v) is 10.8. The minimum Gasteiger partial charge on any atom is -0.375 e. The monoisotopic (exact) mass is 410 g/mol. The Morgan fingerprint density at radius 1 is 1.27 bits per heavy atom. The summed E-state index contributed by atoms with van der Waals surface area (Å²) in [6.07, 6.45) is 3.95. The fourth-order valence-corrected chi connectivity index (χ4v) is 4.59. The number of amides is 2. The van der Waals surface area contributed by atoms with E-state index in [0.29, 0.717) is 44.3 Å². The van der Waals surface area contributed by atoms with Crippen molar-refractivity contribution in [3.63, 3.8) is 0 Å². The lowest BCUT2D eigenvalue weighted by Crippen LogP contribution is -2.51. The second-order valence-electron chi connectivity index (χ2n) is 8.59. The zero-order valence-electron chi connectivity index (χ0n) is 17.5. The zero-order valence-corrected chi connectivity index (χ0v) is 17.5. The number of rotatable bonds is 5. The van der Waals surface area contributed by atoms with Crippen molar-refractivity contribution in [2.75, 3.05) is 19.7 Å². The van der Waals surface area contributed by atoms with Crippen LogP contribution >= 0.6 is 0 Å². The maximum Gasteiger partial charge on any atom is 0.274 e. The van der Waals surface area contributed by atoms with Crippen LogP contribution < -0.4 is 5.32 Å². The number of carbonyl (C=O) groups excluding carboxylic acids is 2. The van der Waals surface area contributed by atoms with Crippen LogP contribution in [0.4, 0.5) is 0 Å².